The summed E-state index contributed by atoms with van der Waals surface area (Å²) >= 11 is 1.04. The second-order valence-corrected chi connectivity index (χ2v) is 6.73. The van der Waals surface area contributed by atoms with Gasteiger partial charge in [0.15, 0.2) is 10.7 Å². The highest BCUT2D eigenvalue weighted by Crippen LogP contribution is 2.37. The summed E-state index contributed by atoms with van der Waals surface area (Å²) < 4.78 is 79.4. The molecule has 0 aliphatic heterocycles. The number of halogens is 6. The number of aromatic nitrogens is 4. The van der Waals surface area contributed by atoms with Gasteiger partial charge >= 0.3 is 12.4 Å². The normalized spacial score (nSPS) is 12.5. The highest BCUT2D eigenvalue weighted by Gasteiger charge is 2.39. The zero-order chi connectivity index (χ0) is 20.8. The zero-order valence-corrected chi connectivity index (χ0v) is 14.9. The molecular weight excluding hydrogens is 420 g/mol. The first-order valence-electron chi connectivity index (χ1n) is 7.92. The molecule has 0 fully saturated rings. The van der Waals surface area contributed by atoms with Gasteiger partial charge in [-0.1, -0.05) is 0 Å². The van der Waals surface area contributed by atoms with Gasteiger partial charge in [0.05, 0.1) is 18.0 Å². The maximum atomic E-state index is 13.4. The van der Waals surface area contributed by atoms with Crippen LogP contribution in [-0.4, -0.2) is 19.4 Å². The van der Waals surface area contributed by atoms with Gasteiger partial charge in [-0.2, -0.15) is 26.3 Å². The quantitative estimate of drug-likeness (QED) is 0.429. The van der Waals surface area contributed by atoms with Crippen LogP contribution in [0.4, 0.5) is 37.8 Å². The molecule has 4 rings (SSSR count). The van der Waals surface area contributed by atoms with E-state index in [4.69, 9.17) is 0 Å². The maximum absolute atomic E-state index is 13.4. The third-order valence-corrected chi connectivity index (χ3v) is 4.65. The van der Waals surface area contributed by atoms with Gasteiger partial charge in [0.2, 0.25) is 0 Å². The summed E-state index contributed by atoms with van der Waals surface area (Å²) in [5.41, 5.74) is -1.99. The molecule has 0 aliphatic carbocycles. The standard InChI is InChI=1S/C17H9F6N5S/c18-16(19,20)9-1-3-10(4-2-9)25-12-8-24-7-11(26-12)13-14(17(21,22)23)27-15-28(13)5-6-29-15/h1-8H,(H,25,26). The molecule has 0 atom stereocenters. The molecule has 5 nitrogen and oxygen atoms in total. The van der Waals surface area contributed by atoms with Crippen molar-refractivity contribution in [3.63, 3.8) is 0 Å². The van der Waals surface area contributed by atoms with Gasteiger partial charge in [-0.15, -0.1) is 11.3 Å². The van der Waals surface area contributed by atoms with Gasteiger partial charge in [-0.05, 0) is 24.3 Å². The molecule has 3 heterocycles. The Balaban J connectivity index is 1.70. The maximum Gasteiger partial charge on any atom is 0.435 e. The molecule has 0 radical (unpaired) electrons. The summed E-state index contributed by atoms with van der Waals surface area (Å²) in [7, 11) is 0. The molecule has 0 amide bonds. The molecule has 12 heteroatoms. The molecule has 0 bridgehead atoms. The van der Waals surface area contributed by atoms with Crippen LogP contribution < -0.4 is 5.32 Å². The minimum absolute atomic E-state index is 0.0700. The van der Waals surface area contributed by atoms with Crippen molar-refractivity contribution in [3.05, 3.63) is 59.5 Å². The molecule has 1 aromatic carbocycles. The number of nitrogens with zero attached hydrogens (tertiary/aromatic N) is 4. The lowest BCUT2D eigenvalue weighted by molar-refractivity contribution is -0.140. The number of thiazole rings is 1. The van der Waals surface area contributed by atoms with Crippen LogP contribution in [0.15, 0.2) is 48.2 Å². The largest absolute Gasteiger partial charge is 0.435 e. The minimum Gasteiger partial charge on any atom is -0.339 e. The molecular formula is C17H9F6N5S. The second kappa shape index (κ2) is 6.72. The highest BCUT2D eigenvalue weighted by atomic mass is 32.1. The number of rotatable bonds is 3. The predicted molar refractivity (Wildman–Crippen MR) is 93.8 cm³/mol. The van der Waals surface area contributed by atoms with Crippen LogP contribution >= 0.6 is 11.3 Å². The Hall–Kier alpha value is -3.15. The van der Waals surface area contributed by atoms with Crippen LogP contribution in [0.1, 0.15) is 11.3 Å². The number of nitrogens with one attached hydrogen (secondary N) is 1. The Kier molecular flexibility index (Phi) is 4.45. The lowest BCUT2D eigenvalue weighted by Crippen LogP contribution is -2.09. The zero-order valence-electron chi connectivity index (χ0n) is 14.1. The number of hydrogen-bond acceptors (Lipinski definition) is 5. The highest BCUT2D eigenvalue weighted by molar-refractivity contribution is 7.15. The molecule has 3 aromatic heterocycles. The van der Waals surface area contributed by atoms with Gasteiger partial charge in [-0.3, -0.25) is 9.38 Å². The van der Waals surface area contributed by atoms with E-state index in [0.29, 0.717) is 0 Å². The summed E-state index contributed by atoms with van der Waals surface area (Å²) in [6.07, 6.45) is -5.32. The van der Waals surface area contributed by atoms with Crippen molar-refractivity contribution in [3.8, 4) is 11.4 Å². The Labute approximate surface area is 162 Å². The van der Waals surface area contributed by atoms with Crippen LogP contribution in [-0.2, 0) is 12.4 Å². The van der Waals surface area contributed by atoms with Crippen molar-refractivity contribution in [1.29, 1.82) is 0 Å². The molecule has 1 N–H and O–H groups in total. The first-order chi connectivity index (χ1) is 13.6. The summed E-state index contributed by atoms with van der Waals surface area (Å²) in [5, 5.41) is 4.32. The Morgan fingerprint density at radius 1 is 0.897 bits per heavy atom. The van der Waals surface area contributed by atoms with Gasteiger partial charge < -0.3 is 5.32 Å². The molecule has 0 unspecified atom stereocenters. The van der Waals surface area contributed by atoms with Crippen molar-refractivity contribution in [2.45, 2.75) is 12.4 Å². The molecule has 150 valence electrons. The Morgan fingerprint density at radius 3 is 2.28 bits per heavy atom. The van der Waals surface area contributed by atoms with Gasteiger partial charge in [0, 0.05) is 17.3 Å². The lowest BCUT2D eigenvalue weighted by atomic mass is 10.2. The smallest absolute Gasteiger partial charge is 0.339 e. The predicted octanol–water partition coefficient (Wildman–Crippen LogP) is 5.63. The van der Waals surface area contributed by atoms with E-state index in [2.05, 4.69) is 20.3 Å². The monoisotopic (exact) mass is 429 g/mol. The average molecular weight is 429 g/mol. The number of anilines is 2. The molecule has 29 heavy (non-hydrogen) atoms. The summed E-state index contributed by atoms with van der Waals surface area (Å²) in [5.74, 6) is 0.0700. The number of fused-ring (bicyclic) bond motifs is 1. The number of alkyl halides is 6. The van der Waals surface area contributed by atoms with Crippen LogP contribution in [0.3, 0.4) is 0 Å². The fraction of sp³-hybridized carbons (Fsp3) is 0.118. The molecule has 0 saturated heterocycles. The SMILES string of the molecule is FC(F)(F)c1ccc(Nc2cncc(-c3c(C(F)(F)F)nc4sccn34)n2)cc1. The van der Waals surface area contributed by atoms with Crippen molar-refractivity contribution in [2.24, 2.45) is 0 Å². The molecule has 0 spiro atoms. The van der Waals surface area contributed by atoms with Crippen molar-refractivity contribution in [1.82, 2.24) is 19.4 Å². The number of benzene rings is 1. The lowest BCUT2D eigenvalue weighted by Gasteiger charge is -2.10. The number of hydrogen-bond donors (Lipinski definition) is 1. The first kappa shape index (κ1) is 19.2. The van der Waals surface area contributed by atoms with Crippen molar-refractivity contribution in [2.75, 3.05) is 5.32 Å². The third kappa shape index (κ3) is 3.75. The van der Waals surface area contributed by atoms with Crippen molar-refractivity contribution >= 4 is 27.8 Å². The van der Waals surface area contributed by atoms with Gasteiger partial charge in [0.25, 0.3) is 0 Å². The minimum atomic E-state index is -4.69. The van der Waals surface area contributed by atoms with E-state index in [1.165, 1.54) is 28.9 Å². The van der Waals surface area contributed by atoms with E-state index < -0.39 is 23.6 Å². The summed E-state index contributed by atoms with van der Waals surface area (Å²) in [6, 6.07) is 4.14. The molecule has 0 saturated carbocycles. The number of imidazole rings is 1. The Bertz CT molecular complexity index is 1160. The third-order valence-electron chi connectivity index (χ3n) is 3.89. The van der Waals surface area contributed by atoms with E-state index in [1.807, 2.05) is 0 Å². The van der Waals surface area contributed by atoms with Crippen LogP contribution in [0.25, 0.3) is 16.3 Å². The Morgan fingerprint density at radius 2 is 1.62 bits per heavy atom. The molecule has 4 aromatic rings. The fourth-order valence-electron chi connectivity index (χ4n) is 2.66. The van der Waals surface area contributed by atoms with E-state index in [-0.39, 0.29) is 27.9 Å². The topological polar surface area (TPSA) is 55.1 Å². The summed E-state index contributed by atoms with van der Waals surface area (Å²) in [6.45, 7) is 0. The van der Waals surface area contributed by atoms with E-state index >= 15 is 0 Å². The van der Waals surface area contributed by atoms with Crippen molar-refractivity contribution < 1.29 is 26.3 Å². The average Bonchev–Trinajstić information content (AvgIpc) is 3.22. The van der Waals surface area contributed by atoms with Crippen LogP contribution in [0.2, 0.25) is 0 Å². The fourth-order valence-corrected chi connectivity index (χ4v) is 3.37. The summed E-state index contributed by atoms with van der Waals surface area (Å²) in [4.78, 5) is 11.8. The van der Waals surface area contributed by atoms with E-state index in [1.54, 1.807) is 5.38 Å². The van der Waals surface area contributed by atoms with E-state index in [0.717, 1.165) is 29.7 Å². The molecule has 0 aliphatic rings. The van der Waals surface area contributed by atoms with Crippen LogP contribution in [0.5, 0.6) is 0 Å². The van der Waals surface area contributed by atoms with Gasteiger partial charge in [0.1, 0.15) is 17.2 Å². The van der Waals surface area contributed by atoms with Gasteiger partial charge in [-0.25, -0.2) is 9.97 Å². The second-order valence-electron chi connectivity index (χ2n) is 5.85. The van der Waals surface area contributed by atoms with E-state index in [9.17, 15) is 26.3 Å². The first-order valence-corrected chi connectivity index (χ1v) is 8.80. The van der Waals surface area contributed by atoms with Crippen LogP contribution in [0, 0.1) is 0 Å².